The minimum absolute atomic E-state index is 0.0828. The Morgan fingerprint density at radius 2 is 1.80 bits per heavy atom. The monoisotopic (exact) mass is 286 g/mol. The molecule has 0 aliphatic carbocycles. The van der Waals surface area contributed by atoms with E-state index in [2.05, 4.69) is 11.8 Å². The molecule has 0 saturated carbocycles. The molecule has 0 bridgehead atoms. The lowest BCUT2D eigenvalue weighted by molar-refractivity contribution is 0.305. The first-order chi connectivity index (χ1) is 9.79. The van der Waals surface area contributed by atoms with Crippen molar-refractivity contribution < 1.29 is 9.50 Å². The summed E-state index contributed by atoms with van der Waals surface area (Å²) in [6.07, 6.45) is 0.486. The van der Waals surface area contributed by atoms with E-state index in [9.17, 15) is 4.39 Å². The number of aliphatic hydroxyl groups is 1. The lowest BCUT2D eigenvalue weighted by atomic mass is 10.1. The van der Waals surface area contributed by atoms with Crippen LogP contribution in [0.4, 0.5) is 4.39 Å². The topological polar surface area (TPSA) is 20.2 Å². The molecule has 0 atom stereocenters. The van der Waals surface area contributed by atoms with Crippen molar-refractivity contribution in [2.75, 3.05) is 6.61 Å². The van der Waals surface area contributed by atoms with Crippen LogP contribution in [-0.4, -0.2) is 11.7 Å². The van der Waals surface area contributed by atoms with Gasteiger partial charge in [0.2, 0.25) is 0 Å². The van der Waals surface area contributed by atoms with E-state index in [4.69, 9.17) is 5.11 Å². The van der Waals surface area contributed by atoms with Crippen molar-refractivity contribution in [2.45, 2.75) is 17.1 Å². The number of benzene rings is 2. The summed E-state index contributed by atoms with van der Waals surface area (Å²) in [5.74, 6) is 6.58. The fraction of sp³-hybridized carbons (Fsp3) is 0.176. The van der Waals surface area contributed by atoms with Crippen LogP contribution in [0.5, 0.6) is 0 Å². The molecule has 20 heavy (non-hydrogen) atoms. The molecule has 2 rings (SSSR count). The number of aliphatic hydroxyl groups excluding tert-OH is 1. The summed E-state index contributed by atoms with van der Waals surface area (Å²) in [7, 11) is 0. The van der Waals surface area contributed by atoms with Crippen LogP contribution in [0.25, 0.3) is 0 Å². The molecule has 102 valence electrons. The van der Waals surface area contributed by atoms with Gasteiger partial charge in [0.05, 0.1) is 6.61 Å². The van der Waals surface area contributed by atoms with Crippen molar-refractivity contribution in [3.63, 3.8) is 0 Å². The third-order valence-electron chi connectivity index (χ3n) is 2.69. The molecule has 0 radical (unpaired) electrons. The van der Waals surface area contributed by atoms with Gasteiger partial charge in [0, 0.05) is 22.6 Å². The van der Waals surface area contributed by atoms with Crippen LogP contribution in [0.2, 0.25) is 0 Å². The summed E-state index contributed by atoms with van der Waals surface area (Å²) in [5.41, 5.74) is 2.13. The minimum atomic E-state index is -0.218. The molecule has 0 fully saturated rings. The summed E-state index contributed by atoms with van der Waals surface area (Å²) in [6, 6.07) is 14.4. The highest BCUT2D eigenvalue weighted by Crippen LogP contribution is 2.24. The maximum absolute atomic E-state index is 12.8. The Morgan fingerprint density at radius 1 is 1.05 bits per heavy atom. The van der Waals surface area contributed by atoms with E-state index in [1.165, 1.54) is 12.1 Å². The Hall–Kier alpha value is -1.76. The second-order valence-electron chi connectivity index (χ2n) is 4.18. The summed E-state index contributed by atoms with van der Waals surface area (Å²) in [4.78, 5) is 1.03. The molecule has 1 nitrogen and oxygen atoms in total. The van der Waals surface area contributed by atoms with Crippen molar-refractivity contribution >= 4 is 11.8 Å². The number of hydrogen-bond acceptors (Lipinski definition) is 2. The minimum Gasteiger partial charge on any atom is -0.395 e. The first-order valence-electron chi connectivity index (χ1n) is 6.35. The number of hydrogen-bond donors (Lipinski definition) is 1. The van der Waals surface area contributed by atoms with Crippen LogP contribution >= 0.6 is 11.8 Å². The van der Waals surface area contributed by atoms with Gasteiger partial charge >= 0.3 is 0 Å². The zero-order valence-electron chi connectivity index (χ0n) is 11.0. The number of halogens is 1. The first kappa shape index (κ1) is 14.6. The van der Waals surface area contributed by atoms with Gasteiger partial charge in [-0.3, -0.25) is 0 Å². The van der Waals surface area contributed by atoms with Crippen LogP contribution in [0, 0.1) is 17.7 Å². The van der Waals surface area contributed by atoms with E-state index < -0.39 is 0 Å². The van der Waals surface area contributed by atoms with Crippen LogP contribution in [0.15, 0.2) is 53.4 Å². The maximum atomic E-state index is 12.8. The van der Waals surface area contributed by atoms with E-state index in [0.29, 0.717) is 6.42 Å². The van der Waals surface area contributed by atoms with E-state index in [1.807, 2.05) is 24.3 Å². The van der Waals surface area contributed by atoms with Crippen molar-refractivity contribution in [1.82, 2.24) is 0 Å². The van der Waals surface area contributed by atoms with Crippen LogP contribution in [0.1, 0.15) is 17.5 Å². The van der Waals surface area contributed by atoms with Crippen molar-refractivity contribution in [1.29, 1.82) is 0 Å². The van der Waals surface area contributed by atoms with Gasteiger partial charge in [0.1, 0.15) is 5.82 Å². The molecule has 2 aromatic rings. The second kappa shape index (κ2) is 7.74. The molecule has 0 spiro atoms. The quantitative estimate of drug-likeness (QED) is 0.680. The fourth-order valence-corrected chi connectivity index (χ4v) is 2.58. The molecule has 0 aromatic heterocycles. The molecule has 0 heterocycles. The van der Waals surface area contributed by atoms with E-state index in [1.54, 1.807) is 23.9 Å². The van der Waals surface area contributed by atoms with Gasteiger partial charge in [0.25, 0.3) is 0 Å². The Kier molecular flexibility index (Phi) is 5.67. The van der Waals surface area contributed by atoms with Crippen LogP contribution in [0.3, 0.4) is 0 Å². The fourth-order valence-electron chi connectivity index (χ4n) is 1.67. The summed E-state index contributed by atoms with van der Waals surface area (Å²) >= 11 is 1.65. The Bertz CT molecular complexity index is 611. The smallest absolute Gasteiger partial charge is 0.123 e. The van der Waals surface area contributed by atoms with E-state index >= 15 is 0 Å². The predicted octanol–water partition coefficient (Wildman–Crippen LogP) is 3.85. The maximum Gasteiger partial charge on any atom is 0.123 e. The SMILES string of the molecule is OCCC#Cc1ccccc1CSc1ccc(F)cc1. The Morgan fingerprint density at radius 3 is 2.55 bits per heavy atom. The molecule has 0 saturated heterocycles. The number of rotatable bonds is 4. The molecule has 1 N–H and O–H groups in total. The largest absolute Gasteiger partial charge is 0.395 e. The lowest BCUT2D eigenvalue weighted by Crippen LogP contribution is -1.87. The highest BCUT2D eigenvalue weighted by Gasteiger charge is 2.01. The summed E-state index contributed by atoms with van der Waals surface area (Å²) in [5, 5.41) is 8.75. The Balaban J connectivity index is 2.06. The highest BCUT2D eigenvalue weighted by molar-refractivity contribution is 7.98. The van der Waals surface area contributed by atoms with Gasteiger partial charge in [-0.25, -0.2) is 4.39 Å². The molecule has 0 amide bonds. The van der Waals surface area contributed by atoms with Gasteiger partial charge in [-0.2, -0.15) is 0 Å². The molecule has 0 aliphatic heterocycles. The van der Waals surface area contributed by atoms with Crippen molar-refractivity contribution in [2.24, 2.45) is 0 Å². The third-order valence-corrected chi connectivity index (χ3v) is 3.75. The Labute approximate surface area is 122 Å². The third kappa shape index (κ3) is 4.41. The molecular weight excluding hydrogens is 271 g/mol. The zero-order valence-corrected chi connectivity index (χ0v) is 11.8. The lowest BCUT2D eigenvalue weighted by Gasteiger charge is -2.04. The van der Waals surface area contributed by atoms with Crippen LogP contribution < -0.4 is 0 Å². The molecule has 0 aliphatic rings. The average Bonchev–Trinajstić information content (AvgIpc) is 2.48. The summed E-state index contributed by atoms with van der Waals surface area (Å²) in [6.45, 7) is 0.0828. The highest BCUT2D eigenvalue weighted by atomic mass is 32.2. The van der Waals surface area contributed by atoms with E-state index in [0.717, 1.165) is 21.8 Å². The zero-order chi connectivity index (χ0) is 14.2. The van der Waals surface area contributed by atoms with Gasteiger partial charge in [-0.15, -0.1) is 11.8 Å². The normalized spacial score (nSPS) is 9.90. The van der Waals surface area contributed by atoms with E-state index in [-0.39, 0.29) is 12.4 Å². The summed E-state index contributed by atoms with van der Waals surface area (Å²) < 4.78 is 12.8. The number of thioether (sulfide) groups is 1. The predicted molar refractivity (Wildman–Crippen MR) is 81.0 cm³/mol. The molecule has 3 heteroatoms. The van der Waals surface area contributed by atoms with Gasteiger partial charge in [-0.05, 0) is 35.9 Å². The second-order valence-corrected chi connectivity index (χ2v) is 5.22. The average molecular weight is 286 g/mol. The van der Waals surface area contributed by atoms with Crippen molar-refractivity contribution in [3.05, 3.63) is 65.5 Å². The van der Waals surface area contributed by atoms with Crippen molar-refractivity contribution in [3.8, 4) is 11.8 Å². The van der Waals surface area contributed by atoms with Gasteiger partial charge in [-0.1, -0.05) is 30.0 Å². The first-order valence-corrected chi connectivity index (χ1v) is 7.34. The molecular formula is C17H15FOS. The van der Waals surface area contributed by atoms with Crippen LogP contribution in [-0.2, 0) is 5.75 Å². The van der Waals surface area contributed by atoms with Gasteiger partial charge in [0.15, 0.2) is 0 Å². The standard InChI is InChI=1S/C17H15FOS/c18-16-8-10-17(11-9-16)20-13-15-7-2-1-5-14(15)6-3-4-12-19/h1-2,5,7-11,19H,4,12-13H2. The molecule has 2 aromatic carbocycles. The molecule has 0 unspecified atom stereocenters. The van der Waals surface area contributed by atoms with Gasteiger partial charge < -0.3 is 5.11 Å².